The van der Waals surface area contributed by atoms with Crippen LogP contribution in [0.2, 0.25) is 0 Å². The van der Waals surface area contributed by atoms with Crippen molar-refractivity contribution in [3.8, 4) is 23.0 Å². The molecule has 1 N–H and O–H groups in total. The molecule has 1 heterocycles. The number of Topliss-reactive ketones (excluding diaryl/α,β-unsaturated/α-hetero) is 1. The first-order chi connectivity index (χ1) is 17.9. The lowest BCUT2D eigenvalue weighted by Crippen LogP contribution is -2.29. The molecule has 8 heteroatoms. The van der Waals surface area contributed by atoms with E-state index in [-0.39, 0.29) is 11.1 Å². The van der Waals surface area contributed by atoms with Gasteiger partial charge in [0, 0.05) is 5.69 Å². The van der Waals surface area contributed by atoms with Gasteiger partial charge < -0.3 is 24.1 Å². The number of aliphatic hydroxyl groups is 1. The second kappa shape index (κ2) is 10.7. The highest BCUT2D eigenvalue weighted by Crippen LogP contribution is 2.46. The Hall–Kier alpha value is -4.46. The number of carbonyl (C=O) groups excluding carboxylic acids is 2. The molecule has 3 aromatic carbocycles. The van der Waals surface area contributed by atoms with Crippen molar-refractivity contribution in [3.05, 3.63) is 82.9 Å². The molecule has 0 aliphatic carbocycles. The van der Waals surface area contributed by atoms with Gasteiger partial charge >= 0.3 is 0 Å². The molecule has 37 heavy (non-hydrogen) atoms. The average molecular weight is 504 g/mol. The van der Waals surface area contributed by atoms with Gasteiger partial charge in [-0.25, -0.2) is 0 Å². The van der Waals surface area contributed by atoms with Crippen molar-refractivity contribution in [2.45, 2.75) is 19.9 Å². The van der Waals surface area contributed by atoms with Crippen LogP contribution >= 0.6 is 0 Å². The molecule has 192 valence electrons. The Morgan fingerprint density at radius 2 is 1.51 bits per heavy atom. The summed E-state index contributed by atoms with van der Waals surface area (Å²) in [6, 6.07) is 16.5. The molecule has 1 saturated heterocycles. The Kier molecular flexibility index (Phi) is 7.38. The number of aryl methyl sites for hydroxylation is 1. The summed E-state index contributed by atoms with van der Waals surface area (Å²) < 4.78 is 22.1. The van der Waals surface area contributed by atoms with Crippen molar-refractivity contribution in [2.24, 2.45) is 0 Å². The van der Waals surface area contributed by atoms with Crippen molar-refractivity contribution in [1.29, 1.82) is 0 Å². The normalized spacial score (nSPS) is 16.6. The van der Waals surface area contributed by atoms with Crippen molar-refractivity contribution < 1.29 is 33.6 Å². The van der Waals surface area contributed by atoms with E-state index in [1.54, 1.807) is 42.5 Å². The summed E-state index contributed by atoms with van der Waals surface area (Å²) in [4.78, 5) is 28.5. The molecule has 4 rings (SSSR count). The van der Waals surface area contributed by atoms with E-state index in [1.165, 1.54) is 26.2 Å². The minimum atomic E-state index is -0.957. The monoisotopic (exact) mass is 503 g/mol. The van der Waals surface area contributed by atoms with E-state index in [1.807, 2.05) is 32.0 Å². The number of rotatable bonds is 8. The predicted molar refractivity (Wildman–Crippen MR) is 140 cm³/mol. The number of methoxy groups -OCH3 is 3. The number of hydrogen-bond acceptors (Lipinski definition) is 7. The Morgan fingerprint density at radius 1 is 0.865 bits per heavy atom. The topological polar surface area (TPSA) is 94.5 Å². The smallest absolute Gasteiger partial charge is 0.300 e. The molecule has 1 aliphatic rings. The van der Waals surface area contributed by atoms with Crippen LogP contribution in [0.3, 0.4) is 0 Å². The number of hydrogen-bond donors (Lipinski definition) is 1. The predicted octanol–water partition coefficient (Wildman–Crippen LogP) is 5.05. The molecule has 1 amide bonds. The molecule has 3 aromatic rings. The van der Waals surface area contributed by atoms with Crippen molar-refractivity contribution in [1.82, 2.24) is 0 Å². The standard InChI is InChI=1S/C29H29NO7/c1-6-37-23-16-18(13-14-20(23)34-3)26-25(27(31)24-21(35-4)11-8-12-22(24)36-5)28(32)29(33)30(26)19-10-7-9-17(2)15-19/h7-16,26,31H,6H2,1-5H3/b27-25+. The molecule has 1 unspecified atom stereocenters. The highest BCUT2D eigenvalue weighted by Gasteiger charge is 2.47. The second-order valence-electron chi connectivity index (χ2n) is 8.39. The van der Waals surface area contributed by atoms with Crippen molar-refractivity contribution in [2.75, 3.05) is 32.8 Å². The van der Waals surface area contributed by atoms with Crippen LogP contribution in [0.5, 0.6) is 23.0 Å². The molecular weight excluding hydrogens is 474 g/mol. The maximum atomic E-state index is 13.6. The van der Waals surface area contributed by atoms with Crippen LogP contribution in [0, 0.1) is 6.92 Å². The number of ketones is 1. The van der Waals surface area contributed by atoms with Crippen molar-refractivity contribution >= 4 is 23.1 Å². The van der Waals surface area contributed by atoms with Crippen LogP contribution in [0.4, 0.5) is 5.69 Å². The summed E-state index contributed by atoms with van der Waals surface area (Å²) in [6.07, 6.45) is 0. The zero-order valence-electron chi connectivity index (χ0n) is 21.4. The third-order valence-corrected chi connectivity index (χ3v) is 6.19. The molecule has 1 fully saturated rings. The molecule has 0 radical (unpaired) electrons. The fraction of sp³-hybridized carbons (Fsp3) is 0.241. The zero-order chi connectivity index (χ0) is 26.7. The van der Waals surface area contributed by atoms with Gasteiger partial charge in [0.05, 0.1) is 39.6 Å². The van der Waals surface area contributed by atoms with Gasteiger partial charge in [0.1, 0.15) is 22.8 Å². The highest BCUT2D eigenvalue weighted by molar-refractivity contribution is 6.51. The van der Waals surface area contributed by atoms with Gasteiger partial charge in [-0.05, 0) is 61.4 Å². The van der Waals surface area contributed by atoms with E-state index in [0.717, 1.165) is 5.56 Å². The number of amides is 1. The van der Waals surface area contributed by atoms with Crippen LogP contribution in [0.1, 0.15) is 29.7 Å². The van der Waals surface area contributed by atoms with Gasteiger partial charge in [0.2, 0.25) is 0 Å². The van der Waals surface area contributed by atoms with Gasteiger partial charge in [0.25, 0.3) is 11.7 Å². The Labute approximate surface area is 215 Å². The molecule has 0 saturated carbocycles. The van der Waals surface area contributed by atoms with Crippen LogP contribution in [-0.2, 0) is 9.59 Å². The van der Waals surface area contributed by atoms with E-state index in [9.17, 15) is 14.7 Å². The summed E-state index contributed by atoms with van der Waals surface area (Å²) in [5, 5.41) is 11.6. The van der Waals surface area contributed by atoms with Gasteiger partial charge in [0.15, 0.2) is 11.5 Å². The quantitative estimate of drug-likeness (QED) is 0.261. The Morgan fingerprint density at radius 3 is 2.11 bits per heavy atom. The summed E-state index contributed by atoms with van der Waals surface area (Å²) in [7, 11) is 4.43. The fourth-order valence-electron chi connectivity index (χ4n) is 4.54. The second-order valence-corrected chi connectivity index (χ2v) is 8.39. The van der Waals surface area contributed by atoms with Crippen LogP contribution in [-0.4, -0.2) is 44.7 Å². The van der Waals surface area contributed by atoms with E-state index in [4.69, 9.17) is 18.9 Å². The van der Waals surface area contributed by atoms with Crippen LogP contribution in [0.25, 0.3) is 5.76 Å². The number of anilines is 1. The SMILES string of the molecule is CCOc1cc(C2/C(=C(\O)c3c(OC)cccc3OC)C(=O)C(=O)N2c2cccc(C)c2)ccc1OC. The van der Waals surface area contributed by atoms with E-state index in [0.29, 0.717) is 40.9 Å². The number of ether oxygens (including phenoxy) is 4. The summed E-state index contributed by atoms with van der Waals surface area (Å²) >= 11 is 0. The number of benzene rings is 3. The molecule has 8 nitrogen and oxygen atoms in total. The minimum absolute atomic E-state index is 0.0954. The molecular formula is C29H29NO7. The molecule has 0 bridgehead atoms. The highest BCUT2D eigenvalue weighted by atomic mass is 16.5. The number of aliphatic hydroxyl groups excluding tert-OH is 1. The number of nitrogens with zero attached hydrogens (tertiary/aromatic N) is 1. The van der Waals surface area contributed by atoms with E-state index in [2.05, 4.69) is 0 Å². The van der Waals surface area contributed by atoms with Gasteiger partial charge in [-0.3, -0.25) is 14.5 Å². The lowest BCUT2D eigenvalue weighted by molar-refractivity contribution is -0.132. The summed E-state index contributed by atoms with van der Waals surface area (Å²) in [5.41, 5.74) is 2.07. The molecule has 0 aromatic heterocycles. The Bertz CT molecular complexity index is 1360. The lowest BCUT2D eigenvalue weighted by atomic mass is 9.94. The van der Waals surface area contributed by atoms with Crippen molar-refractivity contribution in [3.63, 3.8) is 0 Å². The van der Waals surface area contributed by atoms with E-state index >= 15 is 0 Å². The van der Waals surface area contributed by atoms with Crippen LogP contribution in [0.15, 0.2) is 66.2 Å². The largest absolute Gasteiger partial charge is 0.506 e. The average Bonchev–Trinajstić information content (AvgIpc) is 3.18. The lowest BCUT2D eigenvalue weighted by Gasteiger charge is -2.26. The zero-order valence-corrected chi connectivity index (χ0v) is 21.4. The van der Waals surface area contributed by atoms with Gasteiger partial charge in [-0.1, -0.05) is 24.3 Å². The maximum Gasteiger partial charge on any atom is 0.300 e. The third kappa shape index (κ3) is 4.58. The van der Waals surface area contributed by atoms with E-state index < -0.39 is 23.5 Å². The molecule has 1 atom stereocenters. The van der Waals surface area contributed by atoms with Gasteiger partial charge in [-0.2, -0.15) is 0 Å². The van der Waals surface area contributed by atoms with Crippen LogP contribution < -0.4 is 23.8 Å². The first kappa shape index (κ1) is 25.6. The number of carbonyl (C=O) groups is 2. The fourth-order valence-corrected chi connectivity index (χ4v) is 4.54. The summed E-state index contributed by atoms with van der Waals surface area (Å²) in [6.45, 7) is 4.13. The first-order valence-electron chi connectivity index (χ1n) is 11.8. The maximum absolute atomic E-state index is 13.6. The molecule has 1 aliphatic heterocycles. The van der Waals surface area contributed by atoms with Gasteiger partial charge in [-0.15, -0.1) is 0 Å². The summed E-state index contributed by atoms with van der Waals surface area (Å²) in [5.74, 6) is -0.451. The third-order valence-electron chi connectivity index (χ3n) is 6.19. The minimum Gasteiger partial charge on any atom is -0.506 e. The Balaban J connectivity index is 2.03. The molecule has 0 spiro atoms. The first-order valence-corrected chi connectivity index (χ1v) is 11.8.